The van der Waals surface area contributed by atoms with Crippen molar-refractivity contribution >= 4 is 21.6 Å². The quantitative estimate of drug-likeness (QED) is 0.393. The summed E-state index contributed by atoms with van der Waals surface area (Å²) < 4.78 is 34.5. The number of carbonyl (C=O) groups excluding carboxylic acids is 1. The summed E-state index contributed by atoms with van der Waals surface area (Å²) in [5, 5.41) is 9.68. The lowest BCUT2D eigenvalue weighted by atomic mass is 9.70. The van der Waals surface area contributed by atoms with Gasteiger partial charge in [0.05, 0.1) is 28.8 Å². The van der Waals surface area contributed by atoms with E-state index in [2.05, 4.69) is 11.1 Å². The van der Waals surface area contributed by atoms with E-state index < -0.39 is 21.3 Å². The maximum atomic E-state index is 14.6. The van der Waals surface area contributed by atoms with Gasteiger partial charge in [0.25, 0.3) is 15.9 Å². The summed E-state index contributed by atoms with van der Waals surface area (Å²) in [7, 11) is -4.29. The second kappa shape index (κ2) is 8.95. The van der Waals surface area contributed by atoms with Gasteiger partial charge in [-0.2, -0.15) is 5.26 Å². The van der Waals surface area contributed by atoms with E-state index in [-0.39, 0.29) is 16.5 Å². The average Bonchev–Trinajstić information content (AvgIpc) is 3.18. The summed E-state index contributed by atoms with van der Waals surface area (Å²) in [6.45, 7) is 2.10. The number of sulfonamides is 1. The predicted molar refractivity (Wildman–Crippen MR) is 134 cm³/mol. The number of hydrogen-bond acceptors (Lipinski definition) is 6. The molecule has 7 nitrogen and oxygen atoms in total. The van der Waals surface area contributed by atoms with Crippen molar-refractivity contribution in [3.8, 4) is 11.9 Å². The number of carbonyl (C=O) groups is 1. The summed E-state index contributed by atoms with van der Waals surface area (Å²) in [4.78, 5) is 19.0. The number of hydrogen-bond donors (Lipinski definition) is 0. The van der Waals surface area contributed by atoms with Crippen molar-refractivity contribution in [1.82, 2.24) is 4.98 Å². The van der Waals surface area contributed by atoms with Gasteiger partial charge in [-0.15, -0.1) is 0 Å². The molecule has 1 atom stereocenters. The van der Waals surface area contributed by atoms with Gasteiger partial charge in [-0.25, -0.2) is 17.7 Å². The summed E-state index contributed by atoms with van der Waals surface area (Å²) in [6.07, 6.45) is 1.55. The molecule has 3 aromatic carbocycles. The Morgan fingerprint density at radius 2 is 1.64 bits per heavy atom. The highest BCUT2D eigenvalue weighted by Gasteiger charge is 2.58. The first-order valence-corrected chi connectivity index (χ1v) is 12.7. The van der Waals surface area contributed by atoms with Crippen LogP contribution in [0.4, 0.5) is 5.69 Å². The van der Waals surface area contributed by atoms with Crippen LogP contribution < -0.4 is 9.04 Å². The lowest BCUT2D eigenvalue weighted by molar-refractivity contribution is -0.119. The molecule has 0 aliphatic carbocycles. The molecule has 0 N–H and O–H groups in total. The van der Waals surface area contributed by atoms with Crippen LogP contribution in [0.2, 0.25) is 0 Å². The monoisotopic (exact) mass is 495 g/mol. The molecular weight excluding hydrogens is 474 g/mol. The van der Waals surface area contributed by atoms with E-state index in [4.69, 9.17) is 4.74 Å². The molecule has 0 bridgehead atoms. The Morgan fingerprint density at radius 1 is 0.944 bits per heavy atom. The maximum absolute atomic E-state index is 14.6. The first-order chi connectivity index (χ1) is 17.5. The van der Waals surface area contributed by atoms with Gasteiger partial charge in [0.2, 0.25) is 5.88 Å². The lowest BCUT2D eigenvalue weighted by Gasteiger charge is -2.31. The van der Waals surface area contributed by atoms with Crippen LogP contribution in [0, 0.1) is 11.3 Å². The van der Waals surface area contributed by atoms with E-state index in [0.717, 1.165) is 4.31 Å². The molecule has 0 spiro atoms. The molecule has 1 amide bonds. The molecule has 1 aliphatic heterocycles. The van der Waals surface area contributed by atoms with Crippen LogP contribution in [0.15, 0.2) is 102 Å². The third-order valence-corrected chi connectivity index (χ3v) is 7.91. The Morgan fingerprint density at radius 3 is 2.31 bits per heavy atom. The first kappa shape index (κ1) is 23.3. The van der Waals surface area contributed by atoms with Crippen molar-refractivity contribution in [2.45, 2.75) is 17.2 Å². The van der Waals surface area contributed by atoms with Crippen LogP contribution in [0.5, 0.6) is 5.88 Å². The number of rotatable bonds is 6. The molecule has 0 radical (unpaired) electrons. The van der Waals surface area contributed by atoms with E-state index in [9.17, 15) is 18.5 Å². The molecule has 0 saturated heterocycles. The van der Waals surface area contributed by atoms with E-state index in [1.807, 2.05) is 6.07 Å². The van der Waals surface area contributed by atoms with Crippen LogP contribution in [0.1, 0.15) is 29.2 Å². The zero-order valence-electron chi connectivity index (χ0n) is 19.3. The SMILES string of the molecule is CCOc1ncccc1C1(c2ccccc2)C(=O)N(S(=O)(=O)c2ccccc2)c2ccc(C#N)cc21. The number of nitriles is 1. The van der Waals surface area contributed by atoms with E-state index in [1.54, 1.807) is 73.8 Å². The fraction of sp³-hybridized carbons (Fsp3) is 0.107. The third kappa shape index (κ3) is 3.36. The standard InChI is InChI=1S/C28H21N3O4S/c1-2-35-26-23(14-9-17-30-26)28(21-10-5-3-6-11-21)24-18-20(19-29)15-16-25(24)31(27(28)32)36(33,34)22-12-7-4-8-13-22/h3-18H,2H2,1H3. The lowest BCUT2D eigenvalue weighted by Crippen LogP contribution is -2.45. The molecule has 1 unspecified atom stereocenters. The number of aromatic nitrogens is 1. The minimum absolute atomic E-state index is 0.0197. The molecule has 0 saturated carbocycles. The van der Waals surface area contributed by atoms with Crippen LogP contribution in [0.3, 0.4) is 0 Å². The smallest absolute Gasteiger partial charge is 0.270 e. The molecule has 178 valence electrons. The zero-order valence-corrected chi connectivity index (χ0v) is 20.1. The maximum Gasteiger partial charge on any atom is 0.270 e. The molecule has 1 aromatic heterocycles. The Hall–Kier alpha value is -4.48. The van der Waals surface area contributed by atoms with Crippen molar-refractivity contribution in [2.24, 2.45) is 0 Å². The zero-order chi connectivity index (χ0) is 25.3. The van der Waals surface area contributed by atoms with Crippen LogP contribution in [-0.4, -0.2) is 25.9 Å². The molecule has 36 heavy (non-hydrogen) atoms. The molecule has 5 rings (SSSR count). The van der Waals surface area contributed by atoms with E-state index in [0.29, 0.717) is 28.9 Å². The van der Waals surface area contributed by atoms with Crippen molar-refractivity contribution in [3.05, 3.63) is 119 Å². The van der Waals surface area contributed by atoms with Gasteiger partial charge in [0.1, 0.15) is 5.41 Å². The van der Waals surface area contributed by atoms with Crippen molar-refractivity contribution in [1.29, 1.82) is 5.26 Å². The summed E-state index contributed by atoms with van der Waals surface area (Å²) >= 11 is 0. The predicted octanol–water partition coefficient (Wildman–Crippen LogP) is 4.42. The van der Waals surface area contributed by atoms with Crippen molar-refractivity contribution in [3.63, 3.8) is 0 Å². The molecule has 1 aliphatic rings. The first-order valence-electron chi connectivity index (χ1n) is 11.3. The Bertz CT molecular complexity index is 1600. The van der Waals surface area contributed by atoms with E-state index in [1.165, 1.54) is 24.3 Å². The van der Waals surface area contributed by atoms with Crippen molar-refractivity contribution in [2.75, 3.05) is 10.9 Å². The minimum Gasteiger partial charge on any atom is -0.478 e. The highest BCUT2D eigenvalue weighted by Crippen LogP contribution is 2.53. The highest BCUT2D eigenvalue weighted by molar-refractivity contribution is 7.93. The second-order valence-electron chi connectivity index (χ2n) is 8.14. The van der Waals surface area contributed by atoms with Gasteiger partial charge < -0.3 is 4.74 Å². The number of amides is 1. The Balaban J connectivity index is 1.91. The normalized spacial score (nSPS) is 16.9. The third-order valence-electron chi connectivity index (χ3n) is 6.20. The number of ether oxygens (including phenoxy) is 1. The van der Waals surface area contributed by atoms with Gasteiger partial charge in [0.15, 0.2) is 0 Å². The summed E-state index contributed by atoms with van der Waals surface area (Å²) in [5.74, 6) is -0.485. The fourth-order valence-corrected chi connectivity index (χ4v) is 6.19. The molecule has 0 fully saturated rings. The molecule has 8 heteroatoms. The highest BCUT2D eigenvalue weighted by atomic mass is 32.2. The Kier molecular flexibility index (Phi) is 5.78. The summed E-state index contributed by atoms with van der Waals surface area (Å²) in [5.41, 5.74) is 0.146. The van der Waals surface area contributed by atoms with Crippen molar-refractivity contribution < 1.29 is 17.9 Å². The van der Waals surface area contributed by atoms with Gasteiger partial charge in [-0.05, 0) is 48.9 Å². The van der Waals surface area contributed by atoms with Crippen LogP contribution in [0.25, 0.3) is 0 Å². The molecular formula is C28H21N3O4S. The van der Waals surface area contributed by atoms with Gasteiger partial charge >= 0.3 is 0 Å². The number of fused-ring (bicyclic) bond motifs is 1. The van der Waals surface area contributed by atoms with Gasteiger partial charge in [-0.3, -0.25) is 4.79 Å². The molecule has 4 aromatic rings. The largest absolute Gasteiger partial charge is 0.478 e. The van der Waals surface area contributed by atoms with E-state index >= 15 is 0 Å². The Labute approximate surface area is 209 Å². The topological polar surface area (TPSA) is 100 Å². The second-order valence-corrected chi connectivity index (χ2v) is 9.92. The average molecular weight is 496 g/mol. The number of benzene rings is 3. The fourth-order valence-electron chi connectivity index (χ4n) is 4.71. The number of anilines is 1. The number of pyridine rings is 1. The van der Waals surface area contributed by atoms with Gasteiger partial charge in [0, 0.05) is 17.3 Å². The van der Waals surface area contributed by atoms with Crippen LogP contribution in [-0.2, 0) is 20.2 Å². The summed E-state index contributed by atoms with van der Waals surface area (Å²) in [6, 6.07) is 26.8. The van der Waals surface area contributed by atoms with Gasteiger partial charge in [-0.1, -0.05) is 54.6 Å². The minimum atomic E-state index is -4.29. The van der Waals surface area contributed by atoms with Crippen LogP contribution >= 0.6 is 0 Å². The molecule has 2 heterocycles. The number of nitrogens with zero attached hydrogens (tertiary/aromatic N) is 3.